The summed E-state index contributed by atoms with van der Waals surface area (Å²) in [6.45, 7) is 1.66. The van der Waals surface area contributed by atoms with Gasteiger partial charge in [-0.15, -0.1) is 10.2 Å². The lowest BCUT2D eigenvalue weighted by atomic mass is 10.2. The minimum absolute atomic E-state index is 0.373. The van der Waals surface area contributed by atoms with Crippen LogP contribution in [0.15, 0.2) is 23.4 Å². The van der Waals surface area contributed by atoms with Crippen molar-refractivity contribution < 1.29 is 4.79 Å². The Morgan fingerprint density at radius 2 is 2.10 bits per heavy atom. The monoisotopic (exact) mass is 331 g/mol. The number of primary amides is 1. The Morgan fingerprint density at radius 3 is 2.70 bits per heavy atom. The number of thioether (sulfide) groups is 1. The maximum Gasteiger partial charge on any atom is 0.230 e. The van der Waals surface area contributed by atoms with Crippen LogP contribution in [0.2, 0.25) is 10.0 Å². The molecule has 1 atom stereocenters. The standard InChI is InChI=1S/C11H11Cl2N5OS/c1-5(9(14)19)20-11-17-16-10(18(11)15)7-3-2-6(12)4-8(7)13/h2-5H,15H2,1H3,(H2,14,19)/t5-/m0/s1. The maximum absolute atomic E-state index is 11.1. The van der Waals surface area contributed by atoms with E-state index in [1.165, 1.54) is 4.68 Å². The number of aromatic nitrogens is 3. The Balaban J connectivity index is 2.35. The number of benzene rings is 1. The normalized spacial score (nSPS) is 12.3. The molecule has 0 radical (unpaired) electrons. The molecule has 0 saturated heterocycles. The van der Waals surface area contributed by atoms with Crippen molar-refractivity contribution in [3.05, 3.63) is 28.2 Å². The quantitative estimate of drug-likeness (QED) is 0.658. The second-order valence-corrected chi connectivity index (χ2v) is 6.11. The zero-order chi connectivity index (χ0) is 14.9. The summed E-state index contributed by atoms with van der Waals surface area (Å²) in [7, 11) is 0. The van der Waals surface area contributed by atoms with Crippen molar-refractivity contribution in [1.29, 1.82) is 0 Å². The molecule has 4 N–H and O–H groups in total. The Hall–Kier alpha value is -1.44. The third kappa shape index (κ3) is 3.00. The van der Waals surface area contributed by atoms with Crippen LogP contribution in [0.1, 0.15) is 6.92 Å². The molecule has 0 saturated carbocycles. The molecule has 9 heteroatoms. The first-order chi connectivity index (χ1) is 9.40. The number of carbonyl (C=O) groups excluding carboxylic acids is 1. The Morgan fingerprint density at radius 1 is 1.40 bits per heavy atom. The number of hydrogen-bond acceptors (Lipinski definition) is 5. The number of carbonyl (C=O) groups is 1. The molecule has 0 aliphatic heterocycles. The van der Waals surface area contributed by atoms with E-state index < -0.39 is 11.2 Å². The van der Waals surface area contributed by atoms with Crippen LogP contribution in [0, 0.1) is 0 Å². The number of nitrogens with zero attached hydrogens (tertiary/aromatic N) is 3. The fourth-order valence-corrected chi connectivity index (χ4v) is 2.64. The molecule has 106 valence electrons. The van der Waals surface area contributed by atoms with Crippen LogP contribution in [-0.4, -0.2) is 26.0 Å². The second-order valence-electron chi connectivity index (χ2n) is 3.96. The molecule has 2 aromatic rings. The number of rotatable bonds is 4. The van der Waals surface area contributed by atoms with Crippen LogP contribution in [0.25, 0.3) is 11.4 Å². The van der Waals surface area contributed by atoms with Crippen LogP contribution in [-0.2, 0) is 4.79 Å². The Bertz CT molecular complexity index is 660. The number of nitrogen functional groups attached to an aromatic ring is 1. The lowest BCUT2D eigenvalue weighted by Gasteiger charge is -2.07. The summed E-state index contributed by atoms with van der Waals surface area (Å²) in [6, 6.07) is 4.96. The predicted octanol–water partition coefficient (Wildman–Crippen LogP) is 1.93. The van der Waals surface area contributed by atoms with Crippen molar-refractivity contribution in [3.63, 3.8) is 0 Å². The lowest BCUT2D eigenvalue weighted by Crippen LogP contribution is -2.23. The summed E-state index contributed by atoms with van der Waals surface area (Å²) >= 11 is 13.1. The molecule has 0 unspecified atom stereocenters. The van der Waals surface area contributed by atoms with Gasteiger partial charge in [-0.05, 0) is 25.1 Å². The van der Waals surface area contributed by atoms with Crippen molar-refractivity contribution in [3.8, 4) is 11.4 Å². The molecule has 0 aliphatic carbocycles. The van der Waals surface area contributed by atoms with Crippen LogP contribution in [0.5, 0.6) is 0 Å². The molecular formula is C11H11Cl2N5OS. The van der Waals surface area contributed by atoms with Gasteiger partial charge in [-0.2, -0.15) is 0 Å². The van der Waals surface area contributed by atoms with Gasteiger partial charge < -0.3 is 11.6 Å². The van der Waals surface area contributed by atoms with E-state index in [0.29, 0.717) is 26.6 Å². The molecule has 1 amide bonds. The van der Waals surface area contributed by atoms with Crippen LogP contribution in [0.3, 0.4) is 0 Å². The summed E-state index contributed by atoms with van der Waals surface area (Å²) < 4.78 is 1.26. The second kappa shape index (κ2) is 5.90. The van der Waals surface area contributed by atoms with E-state index in [2.05, 4.69) is 10.2 Å². The highest BCUT2D eigenvalue weighted by atomic mass is 35.5. The molecule has 1 aromatic carbocycles. The summed E-state index contributed by atoms with van der Waals surface area (Å²) in [5, 5.41) is 8.74. The van der Waals surface area contributed by atoms with E-state index in [-0.39, 0.29) is 0 Å². The predicted molar refractivity (Wildman–Crippen MR) is 80.1 cm³/mol. The fraction of sp³-hybridized carbons (Fsp3) is 0.182. The maximum atomic E-state index is 11.1. The molecule has 2 rings (SSSR count). The van der Waals surface area contributed by atoms with Crippen molar-refractivity contribution in [1.82, 2.24) is 14.9 Å². The van der Waals surface area contributed by atoms with Crippen molar-refractivity contribution in [2.45, 2.75) is 17.3 Å². The molecule has 0 aliphatic rings. The molecule has 0 spiro atoms. The molecular weight excluding hydrogens is 321 g/mol. The van der Waals surface area contributed by atoms with E-state index in [4.69, 9.17) is 34.8 Å². The van der Waals surface area contributed by atoms with Gasteiger partial charge in [0.1, 0.15) is 0 Å². The van der Waals surface area contributed by atoms with Crippen molar-refractivity contribution in [2.24, 2.45) is 5.73 Å². The van der Waals surface area contributed by atoms with Gasteiger partial charge in [0.05, 0.1) is 10.3 Å². The highest BCUT2D eigenvalue weighted by Gasteiger charge is 2.19. The van der Waals surface area contributed by atoms with E-state index in [1.807, 2.05) is 0 Å². The van der Waals surface area contributed by atoms with Gasteiger partial charge >= 0.3 is 0 Å². The van der Waals surface area contributed by atoms with E-state index in [0.717, 1.165) is 11.8 Å². The third-order valence-corrected chi connectivity index (χ3v) is 4.14. The minimum Gasteiger partial charge on any atom is -0.369 e. The van der Waals surface area contributed by atoms with Gasteiger partial charge in [0.25, 0.3) is 0 Å². The average molecular weight is 332 g/mol. The van der Waals surface area contributed by atoms with Gasteiger partial charge in [0.2, 0.25) is 11.1 Å². The molecule has 0 fully saturated rings. The van der Waals surface area contributed by atoms with Gasteiger partial charge in [0.15, 0.2) is 5.82 Å². The smallest absolute Gasteiger partial charge is 0.230 e. The van der Waals surface area contributed by atoms with E-state index in [1.54, 1.807) is 25.1 Å². The van der Waals surface area contributed by atoms with Crippen LogP contribution >= 0.6 is 35.0 Å². The van der Waals surface area contributed by atoms with Crippen molar-refractivity contribution >= 4 is 40.9 Å². The molecule has 6 nitrogen and oxygen atoms in total. The minimum atomic E-state index is -0.463. The Labute approximate surface area is 129 Å². The SMILES string of the molecule is C[C@H](Sc1nnc(-c2ccc(Cl)cc2Cl)n1N)C(N)=O. The van der Waals surface area contributed by atoms with E-state index in [9.17, 15) is 4.79 Å². The first kappa shape index (κ1) is 15.0. The topological polar surface area (TPSA) is 99.8 Å². The largest absolute Gasteiger partial charge is 0.369 e. The Kier molecular flexibility index (Phi) is 4.42. The number of hydrogen-bond donors (Lipinski definition) is 2. The highest BCUT2D eigenvalue weighted by molar-refractivity contribution is 8.00. The number of amides is 1. The van der Waals surface area contributed by atoms with Gasteiger partial charge in [-0.1, -0.05) is 35.0 Å². The summed E-state index contributed by atoms with van der Waals surface area (Å²) in [4.78, 5) is 11.1. The van der Waals surface area contributed by atoms with Gasteiger partial charge in [-0.3, -0.25) is 4.79 Å². The molecule has 0 bridgehead atoms. The van der Waals surface area contributed by atoms with Gasteiger partial charge in [0, 0.05) is 10.6 Å². The van der Waals surface area contributed by atoms with Crippen LogP contribution in [0.4, 0.5) is 0 Å². The fourth-order valence-electron chi connectivity index (χ4n) is 1.43. The average Bonchev–Trinajstić information content (AvgIpc) is 2.71. The van der Waals surface area contributed by atoms with Crippen molar-refractivity contribution in [2.75, 3.05) is 5.84 Å². The van der Waals surface area contributed by atoms with E-state index >= 15 is 0 Å². The lowest BCUT2D eigenvalue weighted by molar-refractivity contribution is -0.117. The zero-order valence-electron chi connectivity index (χ0n) is 10.4. The molecule has 20 heavy (non-hydrogen) atoms. The van der Waals surface area contributed by atoms with Gasteiger partial charge in [-0.25, -0.2) is 4.68 Å². The number of nitrogens with two attached hydrogens (primary N) is 2. The molecule has 1 heterocycles. The zero-order valence-corrected chi connectivity index (χ0v) is 12.7. The summed E-state index contributed by atoms with van der Waals surface area (Å²) in [5.41, 5.74) is 5.80. The first-order valence-corrected chi connectivity index (χ1v) is 7.15. The highest BCUT2D eigenvalue weighted by Crippen LogP contribution is 2.30. The first-order valence-electron chi connectivity index (χ1n) is 5.52. The summed E-state index contributed by atoms with van der Waals surface area (Å²) in [5.74, 6) is 5.84. The van der Waals surface area contributed by atoms with Crippen LogP contribution < -0.4 is 11.6 Å². The molecule has 1 aromatic heterocycles. The third-order valence-electron chi connectivity index (χ3n) is 2.52. The summed E-state index contributed by atoms with van der Waals surface area (Å²) in [6.07, 6.45) is 0. The number of halogens is 2.